The third-order valence-corrected chi connectivity index (χ3v) is 3.85. The Labute approximate surface area is 127 Å². The Bertz CT molecular complexity index is 501. The summed E-state index contributed by atoms with van der Waals surface area (Å²) in [4.78, 5) is 24.5. The molecule has 0 fully saturated rings. The van der Waals surface area contributed by atoms with Crippen molar-refractivity contribution in [1.82, 2.24) is 10.6 Å². The summed E-state index contributed by atoms with van der Waals surface area (Å²) in [6, 6.07) is 0. The first kappa shape index (κ1) is 15.9. The molecule has 0 saturated heterocycles. The highest BCUT2D eigenvalue weighted by atomic mass is 32.2. The van der Waals surface area contributed by atoms with Gasteiger partial charge in [0, 0.05) is 13.1 Å². The van der Waals surface area contributed by atoms with Gasteiger partial charge in [-0.2, -0.15) is 0 Å². The second kappa shape index (κ2) is 8.06. The summed E-state index contributed by atoms with van der Waals surface area (Å²) in [6.45, 7) is 4.00. The van der Waals surface area contributed by atoms with Crippen molar-refractivity contribution in [1.29, 1.82) is 0 Å². The fourth-order valence-electron chi connectivity index (χ4n) is 1.78. The molecule has 2 bridgehead atoms. The standard InChI is InChI=1S/C13H19N5O2S/c1-9(5-14-2-3-19)6-16-12(20)13-18-10-4-11(21-13)17-8-15-7-10/h4,7-9,11,14,19H,2-3,5-6H2,1H3,(H,16,20). The van der Waals surface area contributed by atoms with Crippen LogP contribution in [0.15, 0.2) is 26.8 Å². The van der Waals surface area contributed by atoms with Crippen LogP contribution >= 0.6 is 11.8 Å². The van der Waals surface area contributed by atoms with Crippen molar-refractivity contribution in [2.45, 2.75) is 12.3 Å². The molecule has 0 aliphatic carbocycles. The zero-order valence-electron chi connectivity index (χ0n) is 11.8. The van der Waals surface area contributed by atoms with E-state index in [-0.39, 0.29) is 23.8 Å². The van der Waals surface area contributed by atoms with Gasteiger partial charge < -0.3 is 15.7 Å². The molecule has 21 heavy (non-hydrogen) atoms. The zero-order chi connectivity index (χ0) is 15.1. The summed E-state index contributed by atoms with van der Waals surface area (Å²) in [5.74, 6) is 0.0888. The highest BCUT2D eigenvalue weighted by molar-refractivity contribution is 8.16. The molecule has 2 atom stereocenters. The van der Waals surface area contributed by atoms with E-state index in [0.717, 1.165) is 6.54 Å². The van der Waals surface area contributed by atoms with Gasteiger partial charge >= 0.3 is 0 Å². The lowest BCUT2D eigenvalue weighted by Gasteiger charge is -2.16. The van der Waals surface area contributed by atoms with Gasteiger partial charge in [0.1, 0.15) is 11.7 Å². The molecule has 0 aromatic heterocycles. The van der Waals surface area contributed by atoms with E-state index in [1.54, 1.807) is 6.21 Å². The highest BCUT2D eigenvalue weighted by Gasteiger charge is 2.22. The van der Waals surface area contributed by atoms with E-state index < -0.39 is 0 Å². The maximum absolute atomic E-state index is 12.1. The fourth-order valence-corrected chi connectivity index (χ4v) is 2.67. The normalized spacial score (nSPS) is 21.3. The average molecular weight is 309 g/mol. The van der Waals surface area contributed by atoms with Gasteiger partial charge in [-0.15, -0.1) is 0 Å². The lowest BCUT2D eigenvalue weighted by molar-refractivity contribution is -0.114. The van der Waals surface area contributed by atoms with Crippen LogP contribution in [-0.2, 0) is 4.79 Å². The first-order valence-corrected chi connectivity index (χ1v) is 7.69. The van der Waals surface area contributed by atoms with Gasteiger partial charge in [-0.25, -0.2) is 9.98 Å². The first-order valence-electron chi connectivity index (χ1n) is 6.81. The van der Waals surface area contributed by atoms with Crippen LogP contribution in [0, 0.1) is 5.92 Å². The third-order valence-electron chi connectivity index (χ3n) is 2.85. The Morgan fingerprint density at radius 2 is 2.38 bits per heavy atom. The van der Waals surface area contributed by atoms with E-state index in [1.807, 2.05) is 13.0 Å². The summed E-state index contributed by atoms with van der Waals surface area (Å²) >= 11 is 1.32. The Morgan fingerprint density at radius 3 is 3.19 bits per heavy atom. The summed E-state index contributed by atoms with van der Waals surface area (Å²) in [5, 5.41) is 14.9. The number of carbonyl (C=O) groups excluding carboxylic acids is 1. The van der Waals surface area contributed by atoms with Crippen LogP contribution in [0.2, 0.25) is 0 Å². The molecular weight excluding hydrogens is 290 g/mol. The van der Waals surface area contributed by atoms with Gasteiger partial charge in [0.25, 0.3) is 5.91 Å². The number of hydrogen-bond acceptors (Lipinski definition) is 7. The molecule has 0 radical (unpaired) electrons. The van der Waals surface area contributed by atoms with Crippen molar-refractivity contribution >= 4 is 35.3 Å². The molecule has 0 saturated carbocycles. The Balaban J connectivity index is 1.81. The Kier molecular flexibility index (Phi) is 6.09. The van der Waals surface area contributed by atoms with Crippen molar-refractivity contribution in [3.8, 4) is 0 Å². The molecule has 8 heteroatoms. The molecule has 0 spiro atoms. The number of fused-ring (bicyclic) bond motifs is 1. The van der Waals surface area contributed by atoms with Crippen molar-refractivity contribution in [3.05, 3.63) is 11.8 Å². The minimum atomic E-state index is -0.185. The molecule has 7 nitrogen and oxygen atoms in total. The molecule has 2 heterocycles. The maximum Gasteiger partial charge on any atom is 0.276 e. The molecular formula is C13H19N5O2S. The van der Waals surface area contributed by atoms with Crippen LogP contribution in [0.4, 0.5) is 0 Å². The van der Waals surface area contributed by atoms with Crippen LogP contribution in [-0.4, -0.2) is 60.2 Å². The fraction of sp³-hybridized carbons (Fsp3) is 0.538. The van der Waals surface area contributed by atoms with Crippen molar-refractivity contribution in [3.63, 3.8) is 0 Å². The predicted octanol–water partition coefficient (Wildman–Crippen LogP) is -0.211. The molecule has 0 aromatic carbocycles. The summed E-state index contributed by atoms with van der Waals surface area (Å²) in [6.07, 6.45) is 4.94. The number of thioether (sulfide) groups is 1. The van der Waals surface area contributed by atoms with Crippen molar-refractivity contribution < 1.29 is 9.90 Å². The second-order valence-corrected chi connectivity index (χ2v) is 5.91. The number of amides is 1. The highest BCUT2D eigenvalue weighted by Crippen LogP contribution is 2.24. The number of aliphatic hydroxyl groups excluding tert-OH is 1. The zero-order valence-corrected chi connectivity index (χ0v) is 12.6. The largest absolute Gasteiger partial charge is 0.395 e. The summed E-state index contributed by atoms with van der Waals surface area (Å²) in [7, 11) is 0. The van der Waals surface area contributed by atoms with E-state index >= 15 is 0 Å². The van der Waals surface area contributed by atoms with Gasteiger partial charge in [-0.05, 0) is 18.5 Å². The monoisotopic (exact) mass is 309 g/mol. The SMILES string of the molecule is CC(CNCCO)CNC(=O)C1=NC2=CC(N=CN=C2)S1. The number of carbonyl (C=O) groups is 1. The van der Waals surface area contributed by atoms with Crippen LogP contribution in [0.1, 0.15) is 6.92 Å². The third kappa shape index (κ3) is 5.07. The summed E-state index contributed by atoms with van der Waals surface area (Å²) < 4.78 is 0. The smallest absolute Gasteiger partial charge is 0.276 e. The molecule has 2 unspecified atom stereocenters. The number of nitrogens with one attached hydrogen (secondary N) is 2. The Hall–Kier alpha value is -1.51. The molecule has 1 amide bonds. The van der Waals surface area contributed by atoms with E-state index in [2.05, 4.69) is 25.6 Å². The van der Waals surface area contributed by atoms with E-state index in [0.29, 0.717) is 23.8 Å². The number of hydrogen-bond donors (Lipinski definition) is 3. The number of aliphatic hydroxyl groups is 1. The van der Waals surface area contributed by atoms with Gasteiger partial charge in [0.15, 0.2) is 5.04 Å². The minimum Gasteiger partial charge on any atom is -0.395 e. The molecule has 2 aliphatic heterocycles. The van der Waals surface area contributed by atoms with Crippen LogP contribution in [0.3, 0.4) is 0 Å². The van der Waals surface area contributed by atoms with Crippen LogP contribution < -0.4 is 10.6 Å². The quantitative estimate of drug-likeness (QED) is 0.567. The molecule has 3 N–H and O–H groups in total. The average Bonchev–Trinajstić information content (AvgIpc) is 2.65. The number of aliphatic imine (C=N–C) groups is 3. The number of nitrogens with zero attached hydrogens (tertiary/aromatic N) is 3. The van der Waals surface area contributed by atoms with E-state index in [1.165, 1.54) is 18.1 Å². The van der Waals surface area contributed by atoms with Gasteiger partial charge in [0.2, 0.25) is 0 Å². The lowest BCUT2D eigenvalue weighted by Crippen LogP contribution is -2.37. The number of rotatable bonds is 7. The topological polar surface area (TPSA) is 98.4 Å². The van der Waals surface area contributed by atoms with Gasteiger partial charge in [0.05, 0.1) is 18.5 Å². The first-order chi connectivity index (χ1) is 10.2. The maximum atomic E-state index is 12.1. The number of allylic oxidation sites excluding steroid dienone is 1. The minimum absolute atomic E-state index is 0.116. The molecule has 0 aromatic rings. The lowest BCUT2D eigenvalue weighted by atomic mass is 10.2. The van der Waals surface area contributed by atoms with E-state index in [9.17, 15) is 4.79 Å². The second-order valence-electron chi connectivity index (χ2n) is 4.80. The van der Waals surface area contributed by atoms with Crippen LogP contribution in [0.5, 0.6) is 0 Å². The van der Waals surface area contributed by atoms with Crippen molar-refractivity contribution in [2.75, 3.05) is 26.2 Å². The summed E-state index contributed by atoms with van der Waals surface area (Å²) in [5.41, 5.74) is 0.666. The van der Waals surface area contributed by atoms with Crippen molar-refractivity contribution in [2.24, 2.45) is 20.9 Å². The molecule has 2 aliphatic rings. The Morgan fingerprint density at radius 1 is 1.52 bits per heavy atom. The molecule has 2 rings (SSSR count). The predicted molar refractivity (Wildman–Crippen MR) is 86.0 cm³/mol. The van der Waals surface area contributed by atoms with Gasteiger partial charge in [-0.1, -0.05) is 18.7 Å². The van der Waals surface area contributed by atoms with Gasteiger partial charge in [-0.3, -0.25) is 9.79 Å². The molecule has 114 valence electrons. The van der Waals surface area contributed by atoms with E-state index in [4.69, 9.17) is 5.11 Å². The van der Waals surface area contributed by atoms with Crippen LogP contribution in [0.25, 0.3) is 0 Å².